The van der Waals surface area contributed by atoms with Crippen LogP contribution in [0.2, 0.25) is 0 Å². The maximum atomic E-state index is 5.23. The van der Waals surface area contributed by atoms with Crippen molar-refractivity contribution < 1.29 is 8.85 Å². The molecule has 0 rings (SSSR count). The molecule has 0 saturated carbocycles. The predicted octanol–water partition coefficient (Wildman–Crippen LogP) is 1.44. The normalized spacial score (nSPS) is 12.0. The summed E-state index contributed by atoms with van der Waals surface area (Å²) in [6.45, 7) is -1.86. The molecule has 0 spiro atoms. The summed E-state index contributed by atoms with van der Waals surface area (Å²) in [7, 11) is 3.39. The van der Waals surface area contributed by atoms with Gasteiger partial charge in [0.15, 0.2) is 0 Å². The summed E-state index contributed by atoms with van der Waals surface area (Å²) in [5, 5.41) is 0. The molecule has 0 atom stereocenters. The van der Waals surface area contributed by atoms with Crippen LogP contribution >= 0.6 is 22.4 Å². The predicted molar refractivity (Wildman–Crippen MR) is 46.8 cm³/mol. The second-order valence-corrected chi connectivity index (χ2v) is 10.4. The standard InChI is InChI=1S/C4H12O2S2Si/c1-5-9(6-2,7-3)8-4/h1-4H3. The average Bonchev–Trinajstić information content (AvgIpc) is 1.95. The van der Waals surface area contributed by atoms with Crippen molar-refractivity contribution >= 4 is 29.3 Å². The number of hydrogen-bond donors (Lipinski definition) is 0. The third kappa shape index (κ3) is 2.51. The Balaban J connectivity index is 3.82. The second-order valence-electron chi connectivity index (χ2n) is 1.32. The Labute approximate surface area is 65.2 Å². The molecule has 0 aromatic heterocycles. The summed E-state index contributed by atoms with van der Waals surface area (Å²) in [6.07, 6.45) is 4.02. The van der Waals surface area contributed by atoms with Gasteiger partial charge in [0, 0.05) is 14.2 Å². The smallest absolute Gasteiger partial charge is 0.382 e. The lowest BCUT2D eigenvalue weighted by Gasteiger charge is -2.21. The minimum absolute atomic E-state index is 1.67. The van der Waals surface area contributed by atoms with Crippen LogP contribution < -0.4 is 0 Å². The molecule has 0 radical (unpaired) electrons. The van der Waals surface area contributed by atoms with E-state index in [1.807, 2.05) is 12.5 Å². The summed E-state index contributed by atoms with van der Waals surface area (Å²) in [4.78, 5) is 0. The summed E-state index contributed by atoms with van der Waals surface area (Å²) >= 11 is 3.35. The van der Waals surface area contributed by atoms with Crippen LogP contribution in [0.5, 0.6) is 0 Å². The van der Waals surface area contributed by atoms with Gasteiger partial charge in [-0.3, -0.25) is 0 Å². The average molecular weight is 184 g/mol. The van der Waals surface area contributed by atoms with Crippen molar-refractivity contribution in [1.82, 2.24) is 0 Å². The van der Waals surface area contributed by atoms with Crippen molar-refractivity contribution in [1.29, 1.82) is 0 Å². The van der Waals surface area contributed by atoms with Gasteiger partial charge in [0.2, 0.25) is 0 Å². The lowest BCUT2D eigenvalue weighted by molar-refractivity contribution is 0.293. The molecule has 0 aliphatic rings. The van der Waals surface area contributed by atoms with E-state index in [4.69, 9.17) is 8.85 Å². The Morgan fingerprint density at radius 2 is 1.33 bits per heavy atom. The first-order valence-electron chi connectivity index (χ1n) is 2.45. The van der Waals surface area contributed by atoms with Gasteiger partial charge in [-0.1, -0.05) is 0 Å². The van der Waals surface area contributed by atoms with Gasteiger partial charge in [-0.15, -0.1) is 22.4 Å². The Hall–Kier alpha value is 0.837. The molecule has 0 bridgehead atoms. The first-order valence-corrected chi connectivity index (χ1v) is 8.16. The Morgan fingerprint density at radius 3 is 1.33 bits per heavy atom. The van der Waals surface area contributed by atoms with Gasteiger partial charge in [0.05, 0.1) is 0 Å². The van der Waals surface area contributed by atoms with E-state index < -0.39 is 6.86 Å². The first kappa shape index (κ1) is 9.84. The first-order chi connectivity index (χ1) is 4.24. The third-order valence-corrected chi connectivity index (χ3v) is 11.0. The lowest BCUT2D eigenvalue weighted by Crippen LogP contribution is -2.31. The van der Waals surface area contributed by atoms with Crippen LogP contribution in [0.25, 0.3) is 0 Å². The van der Waals surface area contributed by atoms with Crippen molar-refractivity contribution in [2.24, 2.45) is 0 Å². The Bertz CT molecular complexity index is 59.5. The van der Waals surface area contributed by atoms with Crippen LogP contribution in [0.3, 0.4) is 0 Å². The zero-order valence-corrected chi connectivity index (χ0v) is 8.77. The molecule has 2 nitrogen and oxygen atoms in total. The molecular weight excluding hydrogens is 172 g/mol. The maximum absolute atomic E-state index is 5.23. The molecule has 0 aromatic carbocycles. The molecule has 0 aliphatic heterocycles. The zero-order chi connectivity index (χ0) is 7.33. The van der Waals surface area contributed by atoms with Crippen molar-refractivity contribution in [3.8, 4) is 0 Å². The van der Waals surface area contributed by atoms with Crippen LogP contribution in [-0.2, 0) is 8.85 Å². The molecule has 0 fully saturated rings. The largest absolute Gasteiger partial charge is 0.473 e. The van der Waals surface area contributed by atoms with E-state index in [-0.39, 0.29) is 0 Å². The summed E-state index contributed by atoms with van der Waals surface area (Å²) < 4.78 is 10.5. The van der Waals surface area contributed by atoms with Crippen LogP contribution in [0, 0.1) is 0 Å². The third-order valence-electron chi connectivity index (χ3n) is 1.00. The quantitative estimate of drug-likeness (QED) is 0.615. The summed E-state index contributed by atoms with van der Waals surface area (Å²) in [5.41, 5.74) is 0. The molecule has 0 aliphatic carbocycles. The molecule has 0 saturated heterocycles. The number of rotatable bonds is 4. The van der Waals surface area contributed by atoms with Gasteiger partial charge in [0.25, 0.3) is 0 Å². The molecule has 56 valence electrons. The van der Waals surface area contributed by atoms with Crippen LogP contribution in [0.4, 0.5) is 0 Å². The van der Waals surface area contributed by atoms with E-state index >= 15 is 0 Å². The monoisotopic (exact) mass is 184 g/mol. The van der Waals surface area contributed by atoms with E-state index in [0.29, 0.717) is 0 Å². The van der Waals surface area contributed by atoms with E-state index in [2.05, 4.69) is 0 Å². The minimum atomic E-state index is -1.86. The molecule has 9 heavy (non-hydrogen) atoms. The van der Waals surface area contributed by atoms with E-state index in [1.165, 1.54) is 0 Å². The molecular formula is C4H12O2S2Si. The Kier molecular flexibility index (Phi) is 5.05. The summed E-state index contributed by atoms with van der Waals surface area (Å²) in [6, 6.07) is 0. The fourth-order valence-electron chi connectivity index (χ4n) is 0.500. The van der Waals surface area contributed by atoms with Crippen molar-refractivity contribution in [2.75, 3.05) is 26.7 Å². The SMILES string of the molecule is CO[Si](OC)(SC)SC. The molecule has 0 N–H and O–H groups in total. The van der Waals surface area contributed by atoms with Gasteiger partial charge in [-0.05, 0) is 12.5 Å². The van der Waals surface area contributed by atoms with Crippen molar-refractivity contribution in [3.63, 3.8) is 0 Å². The zero-order valence-electron chi connectivity index (χ0n) is 6.13. The van der Waals surface area contributed by atoms with Gasteiger partial charge >= 0.3 is 6.86 Å². The highest BCUT2D eigenvalue weighted by Gasteiger charge is 2.34. The van der Waals surface area contributed by atoms with Crippen molar-refractivity contribution in [3.05, 3.63) is 0 Å². The molecule has 0 heterocycles. The highest BCUT2D eigenvalue weighted by atomic mass is 32.6. The van der Waals surface area contributed by atoms with Crippen LogP contribution in [0.15, 0.2) is 0 Å². The maximum Gasteiger partial charge on any atom is 0.473 e. The Morgan fingerprint density at radius 1 is 1.00 bits per heavy atom. The van der Waals surface area contributed by atoms with Crippen molar-refractivity contribution in [2.45, 2.75) is 0 Å². The van der Waals surface area contributed by atoms with Gasteiger partial charge < -0.3 is 8.85 Å². The molecule has 0 aromatic rings. The van der Waals surface area contributed by atoms with E-state index in [0.717, 1.165) is 0 Å². The summed E-state index contributed by atoms with van der Waals surface area (Å²) in [5.74, 6) is 0. The van der Waals surface area contributed by atoms with E-state index in [9.17, 15) is 0 Å². The molecule has 0 unspecified atom stereocenters. The fraction of sp³-hybridized carbons (Fsp3) is 1.00. The highest BCUT2D eigenvalue weighted by Crippen LogP contribution is 2.28. The van der Waals surface area contributed by atoms with E-state index in [1.54, 1.807) is 36.6 Å². The molecule has 5 heteroatoms. The van der Waals surface area contributed by atoms with Gasteiger partial charge in [-0.2, -0.15) is 0 Å². The van der Waals surface area contributed by atoms with Crippen LogP contribution in [0.1, 0.15) is 0 Å². The highest BCUT2D eigenvalue weighted by molar-refractivity contribution is 8.56. The van der Waals surface area contributed by atoms with Crippen LogP contribution in [-0.4, -0.2) is 33.6 Å². The van der Waals surface area contributed by atoms with Gasteiger partial charge in [-0.25, -0.2) is 0 Å². The topological polar surface area (TPSA) is 18.5 Å². The second kappa shape index (κ2) is 4.62. The van der Waals surface area contributed by atoms with Gasteiger partial charge in [0.1, 0.15) is 0 Å². The fourth-order valence-corrected chi connectivity index (χ4v) is 5.50. The minimum Gasteiger partial charge on any atom is -0.382 e. The lowest BCUT2D eigenvalue weighted by atomic mass is 11.8. The number of hydrogen-bond acceptors (Lipinski definition) is 4. The molecule has 0 amide bonds.